The third-order valence-electron chi connectivity index (χ3n) is 2.61. The Labute approximate surface area is 98.3 Å². The average Bonchev–Trinajstić information content (AvgIpc) is 2.27. The van der Waals surface area contributed by atoms with E-state index in [1.54, 1.807) is 0 Å². The summed E-state index contributed by atoms with van der Waals surface area (Å²) >= 11 is 0. The highest BCUT2D eigenvalue weighted by Gasteiger charge is 2.18. The number of ether oxygens (including phenoxy) is 1. The summed E-state index contributed by atoms with van der Waals surface area (Å²) in [5.41, 5.74) is 5.42. The first-order valence-electron chi connectivity index (χ1n) is 5.84. The molecule has 0 saturated carbocycles. The molecule has 0 heterocycles. The Morgan fingerprint density at radius 2 is 2.00 bits per heavy atom. The number of nitrogens with zero attached hydrogens (tertiary/aromatic N) is 1. The lowest BCUT2D eigenvalue weighted by molar-refractivity contribution is -0.131. The standard InChI is InChI=1S/C11H25N3O2/c1-5-14(6-2)8-9(3)13-11(15)10(7-12)16-4/h9-10H,5-8,12H2,1-4H3,(H,13,15). The number of carbonyl (C=O) groups excluding carboxylic acids is 1. The Morgan fingerprint density at radius 1 is 1.44 bits per heavy atom. The largest absolute Gasteiger partial charge is 0.370 e. The van der Waals surface area contributed by atoms with Gasteiger partial charge in [-0.2, -0.15) is 0 Å². The smallest absolute Gasteiger partial charge is 0.250 e. The molecule has 1 amide bonds. The van der Waals surface area contributed by atoms with E-state index >= 15 is 0 Å². The Morgan fingerprint density at radius 3 is 2.38 bits per heavy atom. The number of likely N-dealkylation sites (N-methyl/N-ethyl adjacent to an activating group) is 1. The first-order chi connectivity index (χ1) is 7.58. The predicted octanol–water partition coefficient (Wildman–Crippen LogP) is -0.193. The molecule has 0 radical (unpaired) electrons. The molecule has 0 aromatic rings. The molecule has 3 N–H and O–H groups in total. The molecular weight excluding hydrogens is 206 g/mol. The van der Waals surface area contributed by atoms with Crippen LogP contribution in [0.2, 0.25) is 0 Å². The summed E-state index contributed by atoms with van der Waals surface area (Å²) in [4.78, 5) is 13.9. The van der Waals surface area contributed by atoms with E-state index in [-0.39, 0.29) is 18.5 Å². The minimum atomic E-state index is -0.542. The number of nitrogens with two attached hydrogens (primary N) is 1. The number of hydrogen-bond acceptors (Lipinski definition) is 4. The van der Waals surface area contributed by atoms with E-state index in [0.717, 1.165) is 19.6 Å². The topological polar surface area (TPSA) is 67.6 Å². The zero-order valence-corrected chi connectivity index (χ0v) is 10.8. The van der Waals surface area contributed by atoms with Crippen molar-refractivity contribution in [2.24, 2.45) is 5.73 Å². The van der Waals surface area contributed by atoms with Crippen molar-refractivity contribution in [3.05, 3.63) is 0 Å². The molecule has 0 aromatic heterocycles. The van der Waals surface area contributed by atoms with Crippen LogP contribution in [0.25, 0.3) is 0 Å². The van der Waals surface area contributed by atoms with Crippen molar-refractivity contribution in [2.45, 2.75) is 32.9 Å². The van der Waals surface area contributed by atoms with Gasteiger partial charge in [0.25, 0.3) is 5.91 Å². The van der Waals surface area contributed by atoms with Crippen molar-refractivity contribution < 1.29 is 9.53 Å². The fourth-order valence-corrected chi connectivity index (χ4v) is 1.56. The van der Waals surface area contributed by atoms with Gasteiger partial charge in [-0.05, 0) is 20.0 Å². The summed E-state index contributed by atoms with van der Waals surface area (Å²) in [6.45, 7) is 9.23. The van der Waals surface area contributed by atoms with Crippen LogP contribution in [-0.4, -0.2) is 56.2 Å². The first kappa shape index (κ1) is 15.3. The maximum absolute atomic E-state index is 11.6. The van der Waals surface area contributed by atoms with Gasteiger partial charge >= 0.3 is 0 Å². The van der Waals surface area contributed by atoms with Crippen molar-refractivity contribution in [2.75, 3.05) is 33.3 Å². The monoisotopic (exact) mass is 231 g/mol. The van der Waals surface area contributed by atoms with Crippen molar-refractivity contribution in [3.8, 4) is 0 Å². The quantitative estimate of drug-likeness (QED) is 0.607. The van der Waals surface area contributed by atoms with E-state index in [2.05, 4.69) is 24.1 Å². The summed E-state index contributed by atoms with van der Waals surface area (Å²) in [5, 5.41) is 2.90. The van der Waals surface area contributed by atoms with Crippen LogP contribution in [0.15, 0.2) is 0 Å². The van der Waals surface area contributed by atoms with Gasteiger partial charge in [0.1, 0.15) is 6.10 Å². The minimum absolute atomic E-state index is 0.108. The second-order valence-electron chi connectivity index (χ2n) is 3.86. The average molecular weight is 231 g/mol. The lowest BCUT2D eigenvalue weighted by Crippen LogP contribution is -2.48. The number of amides is 1. The Bertz CT molecular complexity index is 192. The molecule has 96 valence electrons. The van der Waals surface area contributed by atoms with Gasteiger partial charge in [-0.3, -0.25) is 4.79 Å². The maximum atomic E-state index is 11.6. The van der Waals surface area contributed by atoms with Gasteiger partial charge in [-0.25, -0.2) is 0 Å². The molecule has 0 saturated heterocycles. The number of hydrogen-bond donors (Lipinski definition) is 2. The summed E-state index contributed by atoms with van der Waals surface area (Å²) in [6, 6.07) is 0.108. The van der Waals surface area contributed by atoms with Crippen LogP contribution >= 0.6 is 0 Å². The van der Waals surface area contributed by atoms with E-state index < -0.39 is 6.10 Å². The van der Waals surface area contributed by atoms with Gasteiger partial charge in [0.2, 0.25) is 0 Å². The van der Waals surface area contributed by atoms with Crippen LogP contribution in [0.3, 0.4) is 0 Å². The molecule has 0 fully saturated rings. The molecule has 0 aliphatic carbocycles. The third-order valence-corrected chi connectivity index (χ3v) is 2.61. The second kappa shape index (κ2) is 8.50. The first-order valence-corrected chi connectivity index (χ1v) is 5.84. The lowest BCUT2D eigenvalue weighted by atomic mass is 10.2. The normalized spacial score (nSPS) is 14.9. The van der Waals surface area contributed by atoms with Crippen LogP contribution in [0.1, 0.15) is 20.8 Å². The summed E-state index contributed by atoms with van der Waals surface area (Å²) in [5.74, 6) is -0.135. The molecule has 5 nitrogen and oxygen atoms in total. The Kier molecular flexibility index (Phi) is 8.15. The van der Waals surface area contributed by atoms with E-state index in [1.807, 2.05) is 6.92 Å². The molecule has 0 aromatic carbocycles. The van der Waals surface area contributed by atoms with Crippen molar-refractivity contribution in [1.82, 2.24) is 10.2 Å². The molecule has 2 atom stereocenters. The van der Waals surface area contributed by atoms with Crippen LogP contribution in [-0.2, 0) is 9.53 Å². The fraction of sp³-hybridized carbons (Fsp3) is 0.909. The Hall–Kier alpha value is -0.650. The second-order valence-corrected chi connectivity index (χ2v) is 3.86. The lowest BCUT2D eigenvalue weighted by Gasteiger charge is -2.24. The summed E-state index contributed by atoms with van der Waals surface area (Å²) in [7, 11) is 1.49. The molecule has 2 unspecified atom stereocenters. The van der Waals surface area contributed by atoms with Crippen molar-refractivity contribution in [1.29, 1.82) is 0 Å². The highest BCUT2D eigenvalue weighted by Crippen LogP contribution is 1.94. The van der Waals surface area contributed by atoms with Crippen LogP contribution in [0, 0.1) is 0 Å². The molecule has 0 aliphatic rings. The van der Waals surface area contributed by atoms with Gasteiger partial charge in [-0.15, -0.1) is 0 Å². The van der Waals surface area contributed by atoms with Gasteiger partial charge in [0.15, 0.2) is 0 Å². The van der Waals surface area contributed by atoms with Gasteiger partial charge in [0, 0.05) is 26.2 Å². The Balaban J connectivity index is 4.03. The van der Waals surface area contributed by atoms with E-state index in [9.17, 15) is 4.79 Å². The predicted molar refractivity (Wildman–Crippen MR) is 65.2 cm³/mol. The highest BCUT2D eigenvalue weighted by molar-refractivity contribution is 5.81. The van der Waals surface area contributed by atoms with Crippen molar-refractivity contribution in [3.63, 3.8) is 0 Å². The fourth-order valence-electron chi connectivity index (χ4n) is 1.56. The zero-order chi connectivity index (χ0) is 12.6. The number of methoxy groups -OCH3 is 1. The summed E-state index contributed by atoms with van der Waals surface area (Å²) in [6.07, 6.45) is -0.542. The van der Waals surface area contributed by atoms with Crippen LogP contribution < -0.4 is 11.1 Å². The molecular formula is C11H25N3O2. The van der Waals surface area contributed by atoms with E-state index in [1.165, 1.54) is 7.11 Å². The van der Waals surface area contributed by atoms with Crippen LogP contribution in [0.4, 0.5) is 0 Å². The van der Waals surface area contributed by atoms with Gasteiger partial charge in [0.05, 0.1) is 0 Å². The zero-order valence-electron chi connectivity index (χ0n) is 10.8. The van der Waals surface area contributed by atoms with Gasteiger partial charge < -0.3 is 20.7 Å². The molecule has 5 heteroatoms. The van der Waals surface area contributed by atoms with Crippen LogP contribution in [0.5, 0.6) is 0 Å². The number of nitrogens with one attached hydrogen (secondary N) is 1. The van der Waals surface area contributed by atoms with Gasteiger partial charge in [-0.1, -0.05) is 13.8 Å². The molecule has 0 aliphatic heterocycles. The summed E-state index contributed by atoms with van der Waals surface area (Å²) < 4.78 is 4.97. The SMILES string of the molecule is CCN(CC)CC(C)NC(=O)C(CN)OC. The number of carbonyl (C=O) groups is 1. The molecule has 0 bridgehead atoms. The molecule has 16 heavy (non-hydrogen) atoms. The molecule has 0 spiro atoms. The van der Waals surface area contributed by atoms with Crippen molar-refractivity contribution >= 4 is 5.91 Å². The molecule has 0 rings (SSSR count). The van der Waals surface area contributed by atoms with E-state index in [4.69, 9.17) is 10.5 Å². The third kappa shape index (κ3) is 5.44. The highest BCUT2D eigenvalue weighted by atomic mass is 16.5. The van der Waals surface area contributed by atoms with E-state index in [0.29, 0.717) is 0 Å². The minimum Gasteiger partial charge on any atom is -0.370 e. The maximum Gasteiger partial charge on any atom is 0.250 e. The number of rotatable bonds is 8.